The maximum absolute atomic E-state index is 13.0. The second-order valence-corrected chi connectivity index (χ2v) is 8.97. The number of hydrogen-bond donors (Lipinski definition) is 2. The van der Waals surface area contributed by atoms with Gasteiger partial charge in [-0.1, -0.05) is 42.5 Å². The number of nitriles is 1. The van der Waals surface area contributed by atoms with Crippen molar-refractivity contribution in [3.8, 4) is 11.9 Å². The molecule has 3 N–H and O–H groups in total. The molecule has 2 fully saturated rings. The molecule has 0 heterocycles. The van der Waals surface area contributed by atoms with Crippen LogP contribution in [0.3, 0.4) is 0 Å². The van der Waals surface area contributed by atoms with Gasteiger partial charge in [0.2, 0.25) is 12.2 Å². The van der Waals surface area contributed by atoms with Crippen LogP contribution < -0.4 is 15.8 Å². The number of aliphatic imine (C=N–C) groups is 1. The lowest BCUT2D eigenvalue weighted by Gasteiger charge is -2.44. The van der Waals surface area contributed by atoms with Crippen LogP contribution in [0.4, 0.5) is 0 Å². The van der Waals surface area contributed by atoms with Crippen LogP contribution >= 0.6 is 0 Å². The number of rotatable bonds is 7. The summed E-state index contributed by atoms with van der Waals surface area (Å²) in [5.41, 5.74) is 7.77. The second-order valence-electron chi connectivity index (χ2n) is 8.97. The Kier molecular flexibility index (Phi) is 6.83. The van der Waals surface area contributed by atoms with E-state index in [9.17, 15) is 4.79 Å². The normalized spacial score (nSPS) is 22.8. The summed E-state index contributed by atoms with van der Waals surface area (Å²) < 4.78 is 5.37. The lowest BCUT2D eigenvalue weighted by atomic mass is 9.67. The zero-order chi connectivity index (χ0) is 23.3. The minimum Gasteiger partial charge on any atom is -0.496 e. The lowest BCUT2D eigenvalue weighted by Crippen LogP contribution is -2.51. The molecule has 172 valence electrons. The maximum Gasteiger partial charge on any atom is 0.255 e. The second kappa shape index (κ2) is 9.95. The van der Waals surface area contributed by atoms with E-state index in [4.69, 9.17) is 15.7 Å². The number of carbonyl (C=O) groups excluding carboxylic acids is 1. The molecule has 4 rings (SSSR count). The van der Waals surface area contributed by atoms with Crippen molar-refractivity contribution < 1.29 is 9.53 Å². The molecule has 0 saturated heterocycles. The van der Waals surface area contributed by atoms with Crippen molar-refractivity contribution in [2.45, 2.75) is 56.0 Å². The summed E-state index contributed by atoms with van der Waals surface area (Å²) in [6.07, 6.45) is 7.70. The van der Waals surface area contributed by atoms with Gasteiger partial charge in [0.1, 0.15) is 5.75 Å². The van der Waals surface area contributed by atoms with Crippen molar-refractivity contribution in [3.05, 3.63) is 65.7 Å². The Hall–Kier alpha value is -3.53. The molecule has 0 aromatic heterocycles. The maximum atomic E-state index is 13.0. The van der Waals surface area contributed by atoms with Gasteiger partial charge >= 0.3 is 0 Å². The molecular formula is C26H31N5O2. The Morgan fingerprint density at radius 1 is 1.12 bits per heavy atom. The van der Waals surface area contributed by atoms with Crippen molar-refractivity contribution in [2.24, 2.45) is 10.7 Å². The van der Waals surface area contributed by atoms with E-state index in [0.29, 0.717) is 29.9 Å². The van der Waals surface area contributed by atoms with Crippen LogP contribution in [0, 0.1) is 11.5 Å². The minimum atomic E-state index is -0.161. The first kappa shape index (κ1) is 22.7. The zero-order valence-electron chi connectivity index (χ0n) is 19.0. The minimum absolute atomic E-state index is 0.130. The summed E-state index contributed by atoms with van der Waals surface area (Å²) in [7, 11) is 1.58. The van der Waals surface area contributed by atoms with Crippen LogP contribution in [0.1, 0.15) is 54.4 Å². The number of ether oxygens (including phenoxy) is 1. The molecule has 7 heteroatoms. The van der Waals surface area contributed by atoms with Crippen molar-refractivity contribution in [2.75, 3.05) is 13.7 Å². The summed E-state index contributed by atoms with van der Waals surface area (Å²) in [6.45, 7) is 0.547. The van der Waals surface area contributed by atoms with Gasteiger partial charge in [0.15, 0.2) is 0 Å². The number of nitrogens with one attached hydrogen (secondary N) is 1. The molecule has 0 spiro atoms. The first-order valence-corrected chi connectivity index (χ1v) is 11.6. The Labute approximate surface area is 195 Å². The van der Waals surface area contributed by atoms with Crippen LogP contribution in [-0.4, -0.2) is 42.5 Å². The average molecular weight is 446 g/mol. The summed E-state index contributed by atoms with van der Waals surface area (Å²) >= 11 is 0. The van der Waals surface area contributed by atoms with Gasteiger partial charge in [-0.15, -0.1) is 4.99 Å². The Morgan fingerprint density at radius 2 is 1.76 bits per heavy atom. The number of methoxy groups -OCH3 is 1. The molecule has 1 amide bonds. The zero-order valence-corrected chi connectivity index (χ0v) is 19.0. The standard InChI is InChI=1S/C26H31N5O2/c1-33-23-10-6-5-9-22(23)24(32)29-17-26(19-7-3-2-4-8-19)15-13-21(14-16-26)31(20-11-12-20)25(28)30-18-27/h2-10,20-21H,11-17H2,1H3,(H2,28,30)(H,29,32)/t21-,26-. The summed E-state index contributed by atoms with van der Waals surface area (Å²) in [5, 5.41) is 12.2. The number of nitrogens with zero attached hydrogens (tertiary/aromatic N) is 3. The Balaban J connectivity index is 1.52. The number of para-hydroxylation sites is 1. The van der Waals surface area contributed by atoms with Crippen LogP contribution in [0.15, 0.2) is 59.6 Å². The third-order valence-corrected chi connectivity index (χ3v) is 7.00. The van der Waals surface area contributed by atoms with Gasteiger partial charge in [-0.2, -0.15) is 5.26 Å². The Morgan fingerprint density at radius 3 is 2.39 bits per heavy atom. The topological polar surface area (TPSA) is 104 Å². The monoisotopic (exact) mass is 445 g/mol. The molecule has 0 atom stereocenters. The number of hydrogen-bond acceptors (Lipinski definition) is 4. The van der Waals surface area contributed by atoms with E-state index in [2.05, 4.69) is 39.5 Å². The van der Waals surface area contributed by atoms with E-state index in [1.807, 2.05) is 24.4 Å². The average Bonchev–Trinajstić information content (AvgIpc) is 3.69. The van der Waals surface area contributed by atoms with Gasteiger partial charge < -0.3 is 20.7 Å². The van der Waals surface area contributed by atoms with Crippen molar-refractivity contribution >= 4 is 11.9 Å². The number of guanidine groups is 1. The van der Waals surface area contributed by atoms with Gasteiger partial charge in [-0.3, -0.25) is 4.79 Å². The molecule has 0 bridgehead atoms. The fraction of sp³-hybridized carbons (Fsp3) is 0.423. The SMILES string of the molecule is COc1ccccc1C(=O)NC[C@]1(c2ccccc2)CC[C@H](N(C(N)=NC#N)C2CC2)CC1. The number of benzene rings is 2. The fourth-order valence-electron chi connectivity index (χ4n) is 5.10. The molecule has 0 unspecified atom stereocenters. The predicted molar refractivity (Wildman–Crippen MR) is 128 cm³/mol. The Bertz CT molecular complexity index is 1030. The first-order chi connectivity index (χ1) is 16.1. The van der Waals surface area contributed by atoms with Crippen molar-refractivity contribution in [3.63, 3.8) is 0 Å². The highest BCUT2D eigenvalue weighted by Crippen LogP contribution is 2.42. The smallest absolute Gasteiger partial charge is 0.255 e. The molecule has 2 saturated carbocycles. The molecule has 2 aliphatic carbocycles. The predicted octanol–water partition coefficient (Wildman–Crippen LogP) is 3.57. The number of amides is 1. The molecule has 2 aromatic rings. The molecule has 2 aliphatic rings. The van der Waals surface area contributed by atoms with Crippen LogP contribution in [-0.2, 0) is 5.41 Å². The summed E-state index contributed by atoms with van der Waals surface area (Å²) in [5.74, 6) is 0.774. The molecule has 7 nitrogen and oxygen atoms in total. The van der Waals surface area contributed by atoms with E-state index in [-0.39, 0.29) is 17.4 Å². The lowest BCUT2D eigenvalue weighted by molar-refractivity contribution is 0.0925. The number of nitrogens with two attached hydrogens (primary N) is 1. The van der Waals surface area contributed by atoms with Gasteiger partial charge in [-0.05, 0) is 56.2 Å². The van der Waals surface area contributed by atoms with Gasteiger partial charge in [0, 0.05) is 24.0 Å². The fourth-order valence-corrected chi connectivity index (χ4v) is 5.10. The van der Waals surface area contributed by atoms with Crippen molar-refractivity contribution in [1.29, 1.82) is 5.26 Å². The highest BCUT2D eigenvalue weighted by Gasteiger charge is 2.42. The van der Waals surface area contributed by atoms with Gasteiger partial charge in [-0.25, -0.2) is 0 Å². The molecule has 33 heavy (non-hydrogen) atoms. The number of carbonyl (C=O) groups is 1. The first-order valence-electron chi connectivity index (χ1n) is 11.6. The quantitative estimate of drug-likeness (QED) is 0.385. The third-order valence-electron chi connectivity index (χ3n) is 7.00. The van der Waals surface area contributed by atoms with Crippen molar-refractivity contribution in [1.82, 2.24) is 10.2 Å². The van der Waals surface area contributed by atoms with E-state index >= 15 is 0 Å². The third kappa shape index (κ3) is 4.95. The van der Waals surface area contributed by atoms with Gasteiger partial charge in [0.25, 0.3) is 5.91 Å². The van der Waals surface area contributed by atoms with E-state index in [0.717, 1.165) is 38.5 Å². The molecule has 0 radical (unpaired) electrons. The highest BCUT2D eigenvalue weighted by molar-refractivity contribution is 5.97. The van der Waals surface area contributed by atoms with E-state index < -0.39 is 0 Å². The summed E-state index contributed by atoms with van der Waals surface area (Å²) in [4.78, 5) is 19.0. The molecule has 0 aliphatic heterocycles. The van der Waals surface area contributed by atoms with Crippen LogP contribution in [0.5, 0.6) is 5.75 Å². The van der Waals surface area contributed by atoms with Gasteiger partial charge in [0.05, 0.1) is 12.7 Å². The van der Waals surface area contributed by atoms with Crippen LogP contribution in [0.2, 0.25) is 0 Å². The largest absolute Gasteiger partial charge is 0.496 e. The van der Waals surface area contributed by atoms with Crippen LogP contribution in [0.25, 0.3) is 0 Å². The van der Waals surface area contributed by atoms with E-state index in [1.165, 1.54) is 5.56 Å². The molecular weight excluding hydrogens is 414 g/mol. The highest BCUT2D eigenvalue weighted by atomic mass is 16.5. The summed E-state index contributed by atoms with van der Waals surface area (Å²) in [6, 6.07) is 18.4. The molecule has 2 aromatic carbocycles. The van der Waals surface area contributed by atoms with E-state index in [1.54, 1.807) is 19.2 Å².